The van der Waals surface area contributed by atoms with Gasteiger partial charge in [-0.25, -0.2) is 9.97 Å². The van der Waals surface area contributed by atoms with Crippen LogP contribution in [0.3, 0.4) is 0 Å². The molecule has 0 unspecified atom stereocenters. The van der Waals surface area contributed by atoms with Gasteiger partial charge in [-0.3, -0.25) is 19.9 Å². The molecule has 0 radical (unpaired) electrons. The zero-order valence-electron chi connectivity index (χ0n) is 21.6. The molecule has 2 aliphatic heterocycles. The van der Waals surface area contributed by atoms with E-state index in [1.807, 2.05) is 20.3 Å². The zero-order valence-corrected chi connectivity index (χ0v) is 22.4. The van der Waals surface area contributed by atoms with E-state index in [2.05, 4.69) is 71.8 Å². The van der Waals surface area contributed by atoms with E-state index in [0.29, 0.717) is 22.5 Å². The second-order valence-corrected chi connectivity index (χ2v) is 10.7. The van der Waals surface area contributed by atoms with Crippen molar-refractivity contribution in [2.45, 2.75) is 19.4 Å². The third-order valence-corrected chi connectivity index (χ3v) is 7.54. The highest BCUT2D eigenvalue weighted by Crippen LogP contribution is 2.26. The van der Waals surface area contributed by atoms with Crippen molar-refractivity contribution in [2.75, 3.05) is 43.5 Å². The average molecular weight is 530 g/mol. The summed E-state index contributed by atoms with van der Waals surface area (Å²) < 4.78 is 0. The fourth-order valence-corrected chi connectivity index (χ4v) is 5.26. The zero-order chi connectivity index (χ0) is 26.5. The number of benzene rings is 1. The first-order chi connectivity index (χ1) is 18.4. The van der Waals surface area contributed by atoms with Crippen LogP contribution < -0.4 is 20.4 Å². The molecule has 0 spiro atoms. The lowest BCUT2D eigenvalue weighted by molar-refractivity contribution is -0.115. The van der Waals surface area contributed by atoms with E-state index in [1.165, 1.54) is 5.56 Å². The maximum Gasteiger partial charge on any atom is 0.290 e. The lowest BCUT2D eigenvalue weighted by Crippen LogP contribution is -2.38. The Morgan fingerprint density at radius 2 is 1.92 bits per heavy atom. The van der Waals surface area contributed by atoms with Crippen molar-refractivity contribution in [3.05, 3.63) is 71.0 Å². The SMILES string of the molecule is CN(C)c1cccc(-c2cc(CNCC3CCN(c4nccc(/C=C5\SC(=O)NC5=O)n4)CC3)ccn2)c1. The lowest BCUT2D eigenvalue weighted by atomic mass is 9.97. The predicted molar refractivity (Wildman–Crippen MR) is 152 cm³/mol. The van der Waals surface area contributed by atoms with Crippen LogP contribution in [0.5, 0.6) is 0 Å². The number of carbonyl (C=O) groups excluding carboxylic acids is 2. The molecule has 2 fully saturated rings. The first-order valence-corrected chi connectivity index (χ1v) is 13.5. The van der Waals surface area contributed by atoms with Crippen molar-refractivity contribution in [3.8, 4) is 11.3 Å². The Morgan fingerprint density at radius 3 is 2.68 bits per heavy atom. The molecule has 10 heteroatoms. The number of aromatic nitrogens is 3. The monoisotopic (exact) mass is 529 g/mol. The summed E-state index contributed by atoms with van der Waals surface area (Å²) in [5.41, 5.74) is 5.10. The van der Waals surface area contributed by atoms with Crippen molar-refractivity contribution >= 4 is 40.6 Å². The fraction of sp³-hybridized carbons (Fsp3) is 0.321. The van der Waals surface area contributed by atoms with Gasteiger partial charge in [0.15, 0.2) is 0 Å². The first kappa shape index (κ1) is 25.9. The molecule has 2 N–H and O–H groups in total. The Labute approximate surface area is 226 Å². The molecule has 5 rings (SSSR count). The number of pyridine rings is 1. The highest BCUT2D eigenvalue weighted by atomic mass is 32.2. The van der Waals surface area contributed by atoms with E-state index in [4.69, 9.17) is 0 Å². The molecule has 196 valence electrons. The van der Waals surface area contributed by atoms with Crippen molar-refractivity contribution < 1.29 is 9.59 Å². The number of nitrogens with zero attached hydrogens (tertiary/aromatic N) is 5. The molecular weight excluding hydrogens is 498 g/mol. The maximum atomic E-state index is 11.8. The predicted octanol–water partition coefficient (Wildman–Crippen LogP) is 3.93. The summed E-state index contributed by atoms with van der Waals surface area (Å²) in [4.78, 5) is 41.5. The number of carbonyl (C=O) groups is 2. The Kier molecular flexibility index (Phi) is 8.00. The number of thioether (sulfide) groups is 1. The number of amides is 2. The van der Waals surface area contributed by atoms with Gasteiger partial charge in [0.25, 0.3) is 11.1 Å². The molecule has 0 saturated carbocycles. The molecule has 2 aliphatic rings. The standard InChI is InChI=1S/C28H31N7O2S/c1-34(2)23-5-3-4-21(15-23)24-14-20(6-10-30-24)18-29-17-19-8-12-35(13-9-19)27-31-11-7-22(32-27)16-25-26(36)33-28(37)38-25/h3-7,10-11,14-16,19,29H,8-9,12-13,17-18H2,1-2H3,(H,33,36,37)/b25-16-. The van der Waals surface area contributed by atoms with Crippen molar-refractivity contribution in [1.82, 2.24) is 25.6 Å². The molecule has 2 aromatic heterocycles. The third-order valence-electron chi connectivity index (χ3n) is 6.73. The van der Waals surface area contributed by atoms with E-state index < -0.39 is 0 Å². The minimum atomic E-state index is -0.380. The van der Waals surface area contributed by atoms with Crippen molar-refractivity contribution in [2.24, 2.45) is 5.92 Å². The Morgan fingerprint density at radius 1 is 1.11 bits per heavy atom. The molecule has 3 aromatic rings. The van der Waals surface area contributed by atoms with Crippen LogP contribution in [0, 0.1) is 5.92 Å². The number of hydrogen-bond donors (Lipinski definition) is 2. The van der Waals surface area contributed by atoms with Gasteiger partial charge in [0.2, 0.25) is 5.95 Å². The van der Waals surface area contributed by atoms with Crippen LogP contribution in [0.1, 0.15) is 24.1 Å². The van der Waals surface area contributed by atoms with E-state index in [-0.39, 0.29) is 11.1 Å². The van der Waals surface area contributed by atoms with Gasteiger partial charge in [-0.15, -0.1) is 0 Å². The smallest absolute Gasteiger partial charge is 0.290 e. The highest BCUT2D eigenvalue weighted by molar-refractivity contribution is 8.18. The Balaban J connectivity index is 1.12. The van der Waals surface area contributed by atoms with Gasteiger partial charge in [-0.2, -0.15) is 0 Å². The molecule has 4 heterocycles. The van der Waals surface area contributed by atoms with Gasteiger partial charge < -0.3 is 15.1 Å². The average Bonchev–Trinajstić information content (AvgIpc) is 3.25. The van der Waals surface area contributed by atoms with Gasteiger partial charge in [0.1, 0.15) is 0 Å². The number of rotatable bonds is 8. The minimum absolute atomic E-state index is 0.354. The van der Waals surface area contributed by atoms with E-state index >= 15 is 0 Å². The van der Waals surface area contributed by atoms with E-state index in [1.54, 1.807) is 18.3 Å². The lowest BCUT2D eigenvalue weighted by Gasteiger charge is -2.32. The molecule has 2 amide bonds. The summed E-state index contributed by atoms with van der Waals surface area (Å²) in [5, 5.41) is 5.54. The quantitative estimate of drug-likeness (QED) is 0.420. The van der Waals surface area contributed by atoms with Gasteiger partial charge in [-0.1, -0.05) is 12.1 Å². The minimum Gasteiger partial charge on any atom is -0.378 e. The summed E-state index contributed by atoms with van der Waals surface area (Å²) in [6.07, 6.45) is 7.31. The molecule has 9 nitrogen and oxygen atoms in total. The molecule has 0 atom stereocenters. The number of imide groups is 1. The highest BCUT2D eigenvalue weighted by Gasteiger charge is 2.25. The third kappa shape index (κ3) is 6.38. The van der Waals surface area contributed by atoms with E-state index in [0.717, 1.165) is 67.7 Å². The van der Waals surface area contributed by atoms with Crippen LogP contribution in [0.25, 0.3) is 17.3 Å². The number of anilines is 2. The first-order valence-electron chi connectivity index (χ1n) is 12.7. The Bertz CT molecular complexity index is 1350. The summed E-state index contributed by atoms with van der Waals surface area (Å²) >= 11 is 0.893. The van der Waals surface area contributed by atoms with Crippen molar-refractivity contribution in [1.29, 1.82) is 0 Å². The molecule has 1 aromatic carbocycles. The summed E-state index contributed by atoms with van der Waals surface area (Å²) in [7, 11) is 4.09. The molecule has 0 aliphatic carbocycles. The van der Waals surface area contributed by atoms with Crippen LogP contribution in [0.2, 0.25) is 0 Å². The van der Waals surface area contributed by atoms with Gasteiger partial charge >= 0.3 is 0 Å². The van der Waals surface area contributed by atoms with E-state index in [9.17, 15) is 9.59 Å². The van der Waals surface area contributed by atoms with Gasteiger partial charge in [0, 0.05) is 57.4 Å². The molecule has 38 heavy (non-hydrogen) atoms. The fourth-order valence-electron chi connectivity index (χ4n) is 4.59. The topological polar surface area (TPSA) is 103 Å². The second-order valence-electron chi connectivity index (χ2n) is 9.69. The Hall–Kier alpha value is -3.76. The number of hydrogen-bond acceptors (Lipinski definition) is 9. The maximum absolute atomic E-state index is 11.8. The van der Waals surface area contributed by atoms with Gasteiger partial charge in [0.05, 0.1) is 16.3 Å². The number of nitrogens with one attached hydrogen (secondary N) is 2. The van der Waals surface area contributed by atoms with Crippen LogP contribution in [-0.4, -0.2) is 59.8 Å². The van der Waals surface area contributed by atoms with Crippen LogP contribution in [0.15, 0.2) is 59.8 Å². The normalized spacial score (nSPS) is 17.2. The molecular formula is C28H31N7O2S. The summed E-state index contributed by atoms with van der Waals surface area (Å²) in [6.45, 7) is 3.51. The largest absolute Gasteiger partial charge is 0.378 e. The summed E-state index contributed by atoms with van der Waals surface area (Å²) in [5.74, 6) is 0.859. The number of piperidine rings is 1. The van der Waals surface area contributed by atoms with Crippen LogP contribution >= 0.6 is 11.8 Å². The van der Waals surface area contributed by atoms with Crippen LogP contribution in [-0.2, 0) is 11.3 Å². The molecule has 0 bridgehead atoms. The van der Waals surface area contributed by atoms with Gasteiger partial charge in [-0.05, 0) is 79.0 Å². The second kappa shape index (κ2) is 11.7. The van der Waals surface area contributed by atoms with Crippen LogP contribution in [0.4, 0.5) is 16.4 Å². The van der Waals surface area contributed by atoms with Crippen molar-refractivity contribution in [3.63, 3.8) is 0 Å². The molecule has 2 saturated heterocycles. The summed E-state index contributed by atoms with van der Waals surface area (Å²) in [6, 6.07) is 14.4.